The molecule has 0 aliphatic heterocycles. The summed E-state index contributed by atoms with van der Waals surface area (Å²) in [5, 5.41) is 2.51. The second kappa shape index (κ2) is 9.92. The number of para-hydroxylation sites is 2. The molecule has 0 saturated carbocycles. The van der Waals surface area contributed by atoms with Crippen molar-refractivity contribution >= 4 is 27.2 Å². The van der Waals surface area contributed by atoms with Gasteiger partial charge in [-0.05, 0) is 31.2 Å². The maximum Gasteiger partial charge on any atom is 0.239 e. The van der Waals surface area contributed by atoms with Gasteiger partial charge in [0.2, 0.25) is 5.91 Å². The van der Waals surface area contributed by atoms with Crippen molar-refractivity contribution in [3.05, 3.63) is 48.0 Å². The summed E-state index contributed by atoms with van der Waals surface area (Å²) in [6.45, 7) is 2.19. The number of ketones is 1. The lowest BCUT2D eigenvalue weighted by molar-refractivity contribution is -0.113. The van der Waals surface area contributed by atoms with Crippen LogP contribution in [0.3, 0.4) is 0 Å². The molecule has 29 heavy (non-hydrogen) atoms. The number of nitrogens with one attached hydrogen (secondary N) is 1. The van der Waals surface area contributed by atoms with Crippen molar-refractivity contribution in [3.63, 3.8) is 0 Å². The normalized spacial score (nSPS) is 10.9. The SMILES string of the molecule is CCOc1ccccc1NC(=O)CS(=O)(=O)CC(=O)c1ccc(OC)cc1OC. The van der Waals surface area contributed by atoms with Crippen molar-refractivity contribution in [1.29, 1.82) is 0 Å². The van der Waals surface area contributed by atoms with E-state index in [1.54, 1.807) is 31.2 Å². The molecule has 156 valence electrons. The number of benzene rings is 2. The summed E-state index contributed by atoms with van der Waals surface area (Å²) in [6.07, 6.45) is 0. The molecule has 0 fully saturated rings. The highest BCUT2D eigenvalue weighted by Crippen LogP contribution is 2.26. The van der Waals surface area contributed by atoms with Gasteiger partial charge in [-0.3, -0.25) is 9.59 Å². The van der Waals surface area contributed by atoms with E-state index in [0.29, 0.717) is 23.8 Å². The van der Waals surface area contributed by atoms with Gasteiger partial charge in [0.15, 0.2) is 15.6 Å². The highest BCUT2D eigenvalue weighted by molar-refractivity contribution is 7.92. The molecule has 2 rings (SSSR count). The number of Topliss-reactive ketones (excluding diaryl/α,β-unsaturated/α-hetero) is 1. The lowest BCUT2D eigenvalue weighted by Gasteiger charge is -2.12. The van der Waals surface area contributed by atoms with Gasteiger partial charge in [0.25, 0.3) is 0 Å². The van der Waals surface area contributed by atoms with E-state index in [1.807, 2.05) is 0 Å². The Morgan fingerprint density at radius 2 is 1.69 bits per heavy atom. The summed E-state index contributed by atoms with van der Waals surface area (Å²) in [7, 11) is -1.18. The summed E-state index contributed by atoms with van der Waals surface area (Å²) in [5.74, 6) is -2.00. The van der Waals surface area contributed by atoms with E-state index in [9.17, 15) is 18.0 Å². The maximum atomic E-state index is 12.5. The fourth-order valence-electron chi connectivity index (χ4n) is 2.59. The fourth-order valence-corrected chi connectivity index (χ4v) is 3.72. The molecule has 0 atom stereocenters. The molecule has 0 spiro atoms. The molecule has 9 heteroatoms. The molecular weight excluding hydrogens is 398 g/mol. The molecule has 0 bridgehead atoms. The molecule has 0 aliphatic carbocycles. The summed E-state index contributed by atoms with van der Waals surface area (Å²) in [6, 6.07) is 11.1. The molecule has 0 radical (unpaired) electrons. The van der Waals surface area contributed by atoms with Crippen LogP contribution in [-0.2, 0) is 14.6 Å². The largest absolute Gasteiger partial charge is 0.497 e. The average Bonchev–Trinajstić information content (AvgIpc) is 2.68. The third kappa shape index (κ3) is 6.21. The van der Waals surface area contributed by atoms with Crippen molar-refractivity contribution in [2.45, 2.75) is 6.92 Å². The number of sulfone groups is 1. The van der Waals surface area contributed by atoms with Gasteiger partial charge in [-0.2, -0.15) is 0 Å². The highest BCUT2D eigenvalue weighted by Gasteiger charge is 2.24. The van der Waals surface area contributed by atoms with Crippen LogP contribution in [-0.4, -0.2) is 52.4 Å². The number of carbonyl (C=O) groups is 2. The monoisotopic (exact) mass is 421 g/mol. The van der Waals surface area contributed by atoms with Crippen molar-refractivity contribution in [2.24, 2.45) is 0 Å². The number of hydrogen-bond acceptors (Lipinski definition) is 7. The van der Waals surface area contributed by atoms with Crippen LogP contribution < -0.4 is 19.5 Å². The zero-order valence-corrected chi connectivity index (χ0v) is 17.2. The number of methoxy groups -OCH3 is 2. The molecule has 2 aromatic carbocycles. The first-order chi connectivity index (χ1) is 13.8. The summed E-state index contributed by atoms with van der Waals surface area (Å²) in [4.78, 5) is 24.7. The lowest BCUT2D eigenvalue weighted by atomic mass is 10.1. The molecule has 1 amide bonds. The Morgan fingerprint density at radius 3 is 2.34 bits per heavy atom. The van der Waals surface area contributed by atoms with E-state index in [0.717, 1.165) is 0 Å². The van der Waals surface area contributed by atoms with Crippen molar-refractivity contribution in [1.82, 2.24) is 0 Å². The lowest BCUT2D eigenvalue weighted by Crippen LogP contribution is -2.28. The van der Waals surface area contributed by atoms with Crippen LogP contribution in [0.5, 0.6) is 17.2 Å². The van der Waals surface area contributed by atoms with E-state index >= 15 is 0 Å². The Labute approximate surface area is 169 Å². The smallest absolute Gasteiger partial charge is 0.239 e. The predicted molar refractivity (Wildman–Crippen MR) is 109 cm³/mol. The topological polar surface area (TPSA) is 108 Å². The van der Waals surface area contributed by atoms with E-state index < -0.39 is 33.0 Å². The minimum atomic E-state index is -4.00. The second-order valence-corrected chi connectivity index (χ2v) is 8.06. The number of hydrogen-bond donors (Lipinski definition) is 1. The molecule has 0 aliphatic rings. The van der Waals surface area contributed by atoms with Crippen molar-refractivity contribution < 1.29 is 32.2 Å². The number of amides is 1. The number of ether oxygens (including phenoxy) is 3. The average molecular weight is 421 g/mol. The Hall–Kier alpha value is -3.07. The molecule has 0 saturated heterocycles. The van der Waals surface area contributed by atoms with Gasteiger partial charge in [0.1, 0.15) is 28.8 Å². The third-order valence-corrected chi connectivity index (χ3v) is 5.28. The quantitative estimate of drug-likeness (QED) is 0.587. The second-order valence-electron chi connectivity index (χ2n) is 6.00. The Bertz CT molecular complexity index is 986. The van der Waals surface area contributed by atoms with Crippen molar-refractivity contribution in [2.75, 3.05) is 37.6 Å². The number of carbonyl (C=O) groups excluding carboxylic acids is 2. The Balaban J connectivity index is 2.08. The van der Waals surface area contributed by atoms with Gasteiger partial charge < -0.3 is 19.5 Å². The van der Waals surface area contributed by atoms with Gasteiger partial charge in [-0.15, -0.1) is 0 Å². The molecule has 8 nitrogen and oxygen atoms in total. The third-order valence-electron chi connectivity index (χ3n) is 3.87. The van der Waals surface area contributed by atoms with Gasteiger partial charge in [0.05, 0.1) is 32.1 Å². The predicted octanol–water partition coefficient (Wildman–Crippen LogP) is 2.34. The Kier molecular flexibility index (Phi) is 7.60. The Morgan fingerprint density at radius 1 is 0.966 bits per heavy atom. The molecular formula is C20H23NO7S. The molecule has 2 aromatic rings. The fraction of sp³-hybridized carbons (Fsp3) is 0.300. The van der Waals surface area contributed by atoms with Gasteiger partial charge in [-0.25, -0.2) is 8.42 Å². The van der Waals surface area contributed by atoms with Crippen LogP contribution in [0.15, 0.2) is 42.5 Å². The van der Waals surface area contributed by atoms with Crippen LogP contribution in [0.2, 0.25) is 0 Å². The van der Waals surface area contributed by atoms with Crippen LogP contribution in [0.4, 0.5) is 5.69 Å². The standard InChI is InChI=1S/C20H23NO7S/c1-4-28-18-8-6-5-7-16(18)21-20(23)13-29(24,25)12-17(22)15-10-9-14(26-2)11-19(15)27-3/h5-11H,4,12-13H2,1-3H3,(H,21,23). The maximum absolute atomic E-state index is 12.5. The van der Waals surface area contributed by atoms with E-state index in [4.69, 9.17) is 14.2 Å². The van der Waals surface area contributed by atoms with E-state index in [1.165, 1.54) is 32.4 Å². The molecule has 0 heterocycles. The minimum Gasteiger partial charge on any atom is -0.497 e. The summed E-state index contributed by atoms with van der Waals surface area (Å²) >= 11 is 0. The first-order valence-electron chi connectivity index (χ1n) is 8.77. The molecule has 1 N–H and O–H groups in total. The van der Waals surface area contributed by atoms with Crippen LogP contribution >= 0.6 is 0 Å². The minimum absolute atomic E-state index is 0.0963. The molecule has 0 aromatic heterocycles. The van der Waals surface area contributed by atoms with Gasteiger partial charge in [0, 0.05) is 6.07 Å². The first-order valence-corrected chi connectivity index (χ1v) is 10.6. The summed E-state index contributed by atoms with van der Waals surface area (Å²) in [5.41, 5.74) is 0.455. The highest BCUT2D eigenvalue weighted by atomic mass is 32.2. The van der Waals surface area contributed by atoms with Crippen LogP contribution in [0.25, 0.3) is 0 Å². The van der Waals surface area contributed by atoms with Crippen LogP contribution in [0.1, 0.15) is 17.3 Å². The van der Waals surface area contributed by atoms with Crippen molar-refractivity contribution in [3.8, 4) is 17.2 Å². The van der Waals surface area contributed by atoms with Gasteiger partial charge >= 0.3 is 0 Å². The molecule has 0 unspecified atom stereocenters. The van der Waals surface area contributed by atoms with Gasteiger partial charge in [-0.1, -0.05) is 12.1 Å². The van der Waals surface area contributed by atoms with Crippen LogP contribution in [0, 0.1) is 0 Å². The zero-order valence-electron chi connectivity index (χ0n) is 16.4. The van der Waals surface area contributed by atoms with E-state index in [-0.39, 0.29) is 11.3 Å². The first kappa shape index (κ1) is 22.2. The van der Waals surface area contributed by atoms with E-state index in [2.05, 4.69) is 5.32 Å². The zero-order chi connectivity index (χ0) is 21.4. The number of rotatable bonds is 10. The number of anilines is 1. The summed E-state index contributed by atoms with van der Waals surface area (Å²) < 4.78 is 40.3.